The molecule has 0 aliphatic rings. The molecule has 0 saturated carbocycles. The molecule has 0 aromatic heterocycles. The molecule has 0 fully saturated rings. The maximum atomic E-state index is 14.2. The van der Waals surface area contributed by atoms with Crippen LogP contribution in [0.5, 0.6) is 5.75 Å². The summed E-state index contributed by atoms with van der Waals surface area (Å²) in [6, 6.07) is 10.6. The van der Waals surface area contributed by atoms with Crippen LogP contribution in [0.2, 0.25) is 0 Å². The van der Waals surface area contributed by atoms with Crippen LogP contribution < -0.4 is 4.74 Å². The Kier molecular flexibility index (Phi) is 4.15. The highest BCUT2D eigenvalue weighted by Crippen LogP contribution is 2.38. The van der Waals surface area contributed by atoms with Crippen LogP contribution in [-0.4, -0.2) is 7.11 Å². The normalized spacial score (nSPS) is 10.8. The topological polar surface area (TPSA) is 9.23 Å². The SMILES string of the molecule is COc1cccc(F)c1-c1ccc(S)cc1C(C)C. The first-order chi connectivity index (χ1) is 9.04. The highest BCUT2D eigenvalue weighted by molar-refractivity contribution is 7.80. The Morgan fingerprint density at radius 3 is 2.53 bits per heavy atom. The van der Waals surface area contributed by atoms with Crippen molar-refractivity contribution in [3.8, 4) is 16.9 Å². The molecule has 0 heterocycles. The molecule has 0 radical (unpaired) electrons. The zero-order chi connectivity index (χ0) is 14.0. The molecule has 19 heavy (non-hydrogen) atoms. The van der Waals surface area contributed by atoms with Crippen LogP contribution >= 0.6 is 12.6 Å². The quantitative estimate of drug-likeness (QED) is 0.783. The van der Waals surface area contributed by atoms with Crippen molar-refractivity contribution in [2.45, 2.75) is 24.7 Å². The second-order valence-corrected chi connectivity index (χ2v) is 5.26. The Morgan fingerprint density at radius 2 is 1.89 bits per heavy atom. The molecule has 0 amide bonds. The largest absolute Gasteiger partial charge is 0.496 e. The van der Waals surface area contributed by atoms with Crippen molar-refractivity contribution in [1.82, 2.24) is 0 Å². The molecule has 0 saturated heterocycles. The maximum absolute atomic E-state index is 14.2. The molecule has 0 unspecified atom stereocenters. The number of thiol groups is 1. The highest BCUT2D eigenvalue weighted by atomic mass is 32.1. The molecular weight excluding hydrogens is 259 g/mol. The monoisotopic (exact) mass is 276 g/mol. The number of hydrogen-bond donors (Lipinski definition) is 1. The second-order valence-electron chi connectivity index (χ2n) is 4.74. The van der Waals surface area contributed by atoms with E-state index in [1.165, 1.54) is 6.07 Å². The van der Waals surface area contributed by atoms with Gasteiger partial charge in [-0.25, -0.2) is 4.39 Å². The molecule has 2 aromatic carbocycles. The summed E-state index contributed by atoms with van der Waals surface area (Å²) >= 11 is 4.36. The van der Waals surface area contributed by atoms with Gasteiger partial charge in [-0.1, -0.05) is 26.0 Å². The number of methoxy groups -OCH3 is 1. The van der Waals surface area contributed by atoms with Crippen LogP contribution in [0.15, 0.2) is 41.3 Å². The fourth-order valence-electron chi connectivity index (χ4n) is 2.19. The third-order valence-corrected chi connectivity index (χ3v) is 3.40. The van der Waals surface area contributed by atoms with Crippen molar-refractivity contribution >= 4 is 12.6 Å². The standard InChI is InChI=1S/C16H17FOS/c1-10(2)13-9-11(19)7-8-12(13)16-14(17)5-4-6-15(16)18-3/h4-10,19H,1-3H3. The summed E-state index contributed by atoms with van der Waals surface area (Å²) in [7, 11) is 1.56. The van der Waals surface area contributed by atoms with Gasteiger partial charge in [0.2, 0.25) is 0 Å². The Bertz CT molecular complexity index is 593. The summed E-state index contributed by atoms with van der Waals surface area (Å²) in [5.41, 5.74) is 2.45. The van der Waals surface area contributed by atoms with Crippen LogP contribution in [0.3, 0.4) is 0 Å². The zero-order valence-electron chi connectivity index (χ0n) is 11.3. The van der Waals surface area contributed by atoms with Crippen LogP contribution in [0, 0.1) is 5.82 Å². The third kappa shape index (κ3) is 2.76. The van der Waals surface area contributed by atoms with Crippen molar-refractivity contribution in [2.24, 2.45) is 0 Å². The van der Waals surface area contributed by atoms with E-state index in [0.29, 0.717) is 11.3 Å². The Morgan fingerprint density at radius 1 is 1.16 bits per heavy atom. The minimum atomic E-state index is -0.270. The lowest BCUT2D eigenvalue weighted by molar-refractivity contribution is 0.413. The van der Waals surface area contributed by atoms with Crippen LogP contribution in [0.25, 0.3) is 11.1 Å². The van der Waals surface area contributed by atoms with Gasteiger partial charge in [0.25, 0.3) is 0 Å². The van der Waals surface area contributed by atoms with Gasteiger partial charge in [0, 0.05) is 4.90 Å². The van der Waals surface area contributed by atoms with Gasteiger partial charge in [-0.2, -0.15) is 0 Å². The van der Waals surface area contributed by atoms with Gasteiger partial charge in [-0.15, -0.1) is 12.6 Å². The summed E-state index contributed by atoms with van der Waals surface area (Å²) in [6.45, 7) is 4.17. The molecule has 100 valence electrons. The number of rotatable bonds is 3. The molecule has 0 aliphatic heterocycles. The summed E-state index contributed by atoms with van der Waals surface area (Å²) < 4.78 is 19.5. The van der Waals surface area contributed by atoms with Crippen molar-refractivity contribution in [3.63, 3.8) is 0 Å². The molecule has 1 nitrogen and oxygen atoms in total. The van der Waals surface area contributed by atoms with Crippen molar-refractivity contribution in [2.75, 3.05) is 7.11 Å². The second kappa shape index (κ2) is 5.66. The van der Waals surface area contributed by atoms with E-state index >= 15 is 0 Å². The van der Waals surface area contributed by atoms with E-state index in [1.54, 1.807) is 19.2 Å². The van der Waals surface area contributed by atoms with E-state index in [2.05, 4.69) is 26.5 Å². The molecule has 0 aliphatic carbocycles. The number of ether oxygens (including phenoxy) is 1. The zero-order valence-corrected chi connectivity index (χ0v) is 12.2. The summed E-state index contributed by atoms with van der Waals surface area (Å²) in [5.74, 6) is 0.563. The number of halogens is 1. The lowest BCUT2D eigenvalue weighted by atomic mass is 9.92. The smallest absolute Gasteiger partial charge is 0.134 e. The average Bonchev–Trinajstić information content (AvgIpc) is 2.38. The Labute approximate surface area is 118 Å². The maximum Gasteiger partial charge on any atom is 0.134 e. The predicted octanol–water partition coefficient (Wildman–Crippen LogP) is 4.91. The van der Waals surface area contributed by atoms with Gasteiger partial charge >= 0.3 is 0 Å². The first-order valence-corrected chi connectivity index (χ1v) is 6.65. The molecule has 0 bridgehead atoms. The van der Waals surface area contributed by atoms with Gasteiger partial charge in [0.15, 0.2) is 0 Å². The Balaban J connectivity index is 2.72. The van der Waals surface area contributed by atoms with E-state index < -0.39 is 0 Å². The van der Waals surface area contributed by atoms with E-state index in [9.17, 15) is 4.39 Å². The van der Waals surface area contributed by atoms with Gasteiger partial charge < -0.3 is 4.74 Å². The van der Waals surface area contributed by atoms with Gasteiger partial charge in [0.1, 0.15) is 11.6 Å². The number of hydrogen-bond acceptors (Lipinski definition) is 2. The minimum absolute atomic E-state index is 0.270. The fourth-order valence-corrected chi connectivity index (χ4v) is 2.40. The first-order valence-electron chi connectivity index (χ1n) is 6.20. The Hall–Kier alpha value is -1.48. The predicted molar refractivity (Wildman–Crippen MR) is 79.7 cm³/mol. The van der Waals surface area contributed by atoms with E-state index in [1.807, 2.05) is 18.2 Å². The average molecular weight is 276 g/mol. The first kappa shape index (κ1) is 13.9. The van der Waals surface area contributed by atoms with E-state index in [4.69, 9.17) is 4.74 Å². The van der Waals surface area contributed by atoms with Crippen LogP contribution in [0.4, 0.5) is 4.39 Å². The lowest BCUT2D eigenvalue weighted by Gasteiger charge is -2.16. The van der Waals surface area contributed by atoms with Gasteiger partial charge in [-0.3, -0.25) is 0 Å². The minimum Gasteiger partial charge on any atom is -0.496 e. The summed E-state index contributed by atoms with van der Waals surface area (Å²) in [5, 5.41) is 0. The van der Waals surface area contributed by atoms with E-state index in [0.717, 1.165) is 16.0 Å². The molecule has 0 atom stereocenters. The van der Waals surface area contributed by atoms with Crippen molar-refractivity contribution in [3.05, 3.63) is 47.8 Å². The lowest BCUT2D eigenvalue weighted by Crippen LogP contribution is -1.97. The molecule has 0 N–H and O–H groups in total. The van der Waals surface area contributed by atoms with Gasteiger partial charge in [-0.05, 0) is 41.3 Å². The van der Waals surface area contributed by atoms with Crippen molar-refractivity contribution < 1.29 is 9.13 Å². The molecule has 2 aromatic rings. The molecule has 0 spiro atoms. The summed E-state index contributed by atoms with van der Waals surface area (Å²) in [6.07, 6.45) is 0. The van der Waals surface area contributed by atoms with Crippen LogP contribution in [0.1, 0.15) is 25.3 Å². The molecule has 3 heteroatoms. The number of benzene rings is 2. The molecule has 2 rings (SSSR count). The van der Waals surface area contributed by atoms with E-state index in [-0.39, 0.29) is 11.7 Å². The van der Waals surface area contributed by atoms with Gasteiger partial charge in [0.05, 0.1) is 12.7 Å². The van der Waals surface area contributed by atoms with Crippen molar-refractivity contribution in [1.29, 1.82) is 0 Å². The third-order valence-electron chi connectivity index (χ3n) is 3.12. The van der Waals surface area contributed by atoms with Crippen LogP contribution in [-0.2, 0) is 0 Å². The fraction of sp³-hybridized carbons (Fsp3) is 0.250. The highest BCUT2D eigenvalue weighted by Gasteiger charge is 2.16. The molecular formula is C16H17FOS. The summed E-state index contributed by atoms with van der Waals surface area (Å²) in [4.78, 5) is 0.878.